The maximum Gasteiger partial charge on any atom is 0.133 e. The molecule has 3 rings (SSSR count). The number of rotatable bonds is 4. The Hall–Kier alpha value is -2.04. The van der Waals surface area contributed by atoms with Gasteiger partial charge in [-0.15, -0.1) is 0 Å². The van der Waals surface area contributed by atoms with Gasteiger partial charge in [-0.1, -0.05) is 6.92 Å². The van der Waals surface area contributed by atoms with E-state index in [0.29, 0.717) is 11.4 Å². The standard InChI is InChI=1S/C16H17F2N3/c1-3-11-9-19-10(2)20-15(11)21-16(4-5-16)12-6-13(17)8-14(18)7-12/h6-9H,3-5H2,1-2H3,(H,19,20,21). The van der Waals surface area contributed by atoms with E-state index in [1.807, 2.05) is 13.8 Å². The van der Waals surface area contributed by atoms with E-state index < -0.39 is 17.2 Å². The summed E-state index contributed by atoms with van der Waals surface area (Å²) < 4.78 is 26.9. The predicted octanol–water partition coefficient (Wildman–Crippen LogP) is 3.73. The fraction of sp³-hybridized carbons (Fsp3) is 0.375. The second-order valence-corrected chi connectivity index (χ2v) is 5.51. The third-order valence-corrected chi connectivity index (χ3v) is 3.89. The number of nitrogens with zero attached hydrogens (tertiary/aromatic N) is 2. The molecule has 1 aromatic carbocycles. The number of benzene rings is 1. The van der Waals surface area contributed by atoms with Crippen LogP contribution in [0.3, 0.4) is 0 Å². The molecule has 0 atom stereocenters. The van der Waals surface area contributed by atoms with E-state index >= 15 is 0 Å². The molecule has 1 aromatic heterocycles. The van der Waals surface area contributed by atoms with E-state index in [-0.39, 0.29) is 0 Å². The van der Waals surface area contributed by atoms with Crippen LogP contribution in [-0.4, -0.2) is 9.97 Å². The van der Waals surface area contributed by atoms with E-state index in [1.54, 1.807) is 6.20 Å². The van der Waals surface area contributed by atoms with Crippen LogP contribution in [0.5, 0.6) is 0 Å². The molecule has 0 unspecified atom stereocenters. The molecular formula is C16H17F2N3. The largest absolute Gasteiger partial charge is 0.360 e. The summed E-state index contributed by atoms with van der Waals surface area (Å²) in [6.07, 6.45) is 4.27. The van der Waals surface area contributed by atoms with Crippen molar-refractivity contribution in [1.82, 2.24) is 9.97 Å². The number of hydrogen-bond donors (Lipinski definition) is 1. The number of aromatic nitrogens is 2. The van der Waals surface area contributed by atoms with Crippen molar-refractivity contribution in [3.05, 3.63) is 53.0 Å². The Morgan fingerprint density at radius 2 is 1.86 bits per heavy atom. The molecule has 1 heterocycles. The van der Waals surface area contributed by atoms with Gasteiger partial charge >= 0.3 is 0 Å². The predicted molar refractivity (Wildman–Crippen MR) is 77.0 cm³/mol. The van der Waals surface area contributed by atoms with Crippen molar-refractivity contribution in [2.75, 3.05) is 5.32 Å². The maximum absolute atomic E-state index is 13.4. The number of hydrogen-bond acceptors (Lipinski definition) is 3. The first-order valence-electron chi connectivity index (χ1n) is 7.10. The van der Waals surface area contributed by atoms with Crippen LogP contribution >= 0.6 is 0 Å². The average molecular weight is 289 g/mol. The normalized spacial score (nSPS) is 15.8. The van der Waals surface area contributed by atoms with E-state index in [2.05, 4.69) is 15.3 Å². The van der Waals surface area contributed by atoms with Crippen molar-refractivity contribution < 1.29 is 8.78 Å². The Balaban J connectivity index is 1.95. The summed E-state index contributed by atoms with van der Waals surface area (Å²) in [7, 11) is 0. The minimum atomic E-state index is -0.548. The van der Waals surface area contributed by atoms with Gasteiger partial charge in [0, 0.05) is 17.8 Å². The smallest absolute Gasteiger partial charge is 0.133 e. The molecule has 3 nitrogen and oxygen atoms in total. The molecule has 1 aliphatic rings. The molecule has 110 valence electrons. The number of nitrogens with one attached hydrogen (secondary N) is 1. The van der Waals surface area contributed by atoms with Gasteiger partial charge in [0.1, 0.15) is 23.3 Å². The quantitative estimate of drug-likeness (QED) is 0.932. The Labute approximate surface area is 122 Å². The molecule has 0 aliphatic heterocycles. The second kappa shape index (κ2) is 5.06. The fourth-order valence-corrected chi connectivity index (χ4v) is 2.53. The summed E-state index contributed by atoms with van der Waals surface area (Å²) in [6.45, 7) is 3.85. The van der Waals surface area contributed by atoms with Crippen LogP contribution in [0.4, 0.5) is 14.6 Å². The molecule has 0 radical (unpaired) electrons. The lowest BCUT2D eigenvalue weighted by molar-refractivity contribution is 0.574. The molecule has 0 spiro atoms. The Kier molecular flexibility index (Phi) is 3.35. The highest BCUT2D eigenvalue weighted by atomic mass is 19.1. The zero-order valence-corrected chi connectivity index (χ0v) is 12.1. The molecule has 21 heavy (non-hydrogen) atoms. The van der Waals surface area contributed by atoms with Gasteiger partial charge in [-0.3, -0.25) is 0 Å². The highest BCUT2D eigenvalue weighted by molar-refractivity contribution is 5.50. The topological polar surface area (TPSA) is 37.8 Å². The van der Waals surface area contributed by atoms with E-state index in [0.717, 1.165) is 36.7 Å². The van der Waals surface area contributed by atoms with Crippen LogP contribution in [0.2, 0.25) is 0 Å². The molecule has 0 amide bonds. The van der Waals surface area contributed by atoms with Crippen LogP contribution in [0.15, 0.2) is 24.4 Å². The Bertz CT molecular complexity index is 661. The van der Waals surface area contributed by atoms with Crippen LogP contribution in [0.1, 0.15) is 36.7 Å². The highest BCUT2D eigenvalue weighted by Gasteiger charge is 2.45. The lowest BCUT2D eigenvalue weighted by Crippen LogP contribution is -2.21. The van der Waals surface area contributed by atoms with Gasteiger partial charge in [0.05, 0.1) is 5.54 Å². The first-order valence-corrected chi connectivity index (χ1v) is 7.10. The Morgan fingerprint density at radius 1 is 1.19 bits per heavy atom. The zero-order valence-electron chi connectivity index (χ0n) is 12.1. The average Bonchev–Trinajstić information content (AvgIpc) is 3.19. The lowest BCUT2D eigenvalue weighted by atomic mass is 10.0. The van der Waals surface area contributed by atoms with Crippen LogP contribution in [0, 0.1) is 18.6 Å². The van der Waals surface area contributed by atoms with Gasteiger partial charge in [0.25, 0.3) is 0 Å². The van der Waals surface area contributed by atoms with Gasteiger partial charge in [-0.25, -0.2) is 18.7 Å². The fourth-order valence-electron chi connectivity index (χ4n) is 2.53. The van der Waals surface area contributed by atoms with E-state index in [4.69, 9.17) is 0 Å². The van der Waals surface area contributed by atoms with Crippen molar-refractivity contribution in [2.24, 2.45) is 0 Å². The van der Waals surface area contributed by atoms with Crippen molar-refractivity contribution in [2.45, 2.75) is 38.6 Å². The molecule has 1 saturated carbocycles. The molecule has 1 fully saturated rings. The van der Waals surface area contributed by atoms with Crippen molar-refractivity contribution in [3.8, 4) is 0 Å². The highest BCUT2D eigenvalue weighted by Crippen LogP contribution is 2.48. The van der Waals surface area contributed by atoms with Crippen molar-refractivity contribution in [1.29, 1.82) is 0 Å². The molecule has 5 heteroatoms. The van der Waals surface area contributed by atoms with Gasteiger partial charge in [-0.2, -0.15) is 0 Å². The van der Waals surface area contributed by atoms with Gasteiger partial charge in [0.15, 0.2) is 0 Å². The van der Waals surface area contributed by atoms with Crippen molar-refractivity contribution in [3.63, 3.8) is 0 Å². The molecule has 0 bridgehead atoms. The number of halogens is 2. The monoisotopic (exact) mass is 289 g/mol. The summed E-state index contributed by atoms with van der Waals surface area (Å²) in [4.78, 5) is 8.62. The SMILES string of the molecule is CCc1cnc(C)nc1NC1(c2cc(F)cc(F)c2)CC1. The summed E-state index contributed by atoms with van der Waals surface area (Å²) in [5, 5.41) is 3.38. The van der Waals surface area contributed by atoms with Crippen molar-refractivity contribution >= 4 is 5.82 Å². The minimum Gasteiger partial charge on any atom is -0.360 e. The maximum atomic E-state index is 13.4. The van der Waals surface area contributed by atoms with Crippen LogP contribution in [0.25, 0.3) is 0 Å². The summed E-state index contributed by atoms with van der Waals surface area (Å²) >= 11 is 0. The van der Waals surface area contributed by atoms with Gasteiger partial charge in [0.2, 0.25) is 0 Å². The van der Waals surface area contributed by atoms with E-state index in [9.17, 15) is 8.78 Å². The zero-order chi connectivity index (χ0) is 15.0. The third-order valence-electron chi connectivity index (χ3n) is 3.89. The molecular weight excluding hydrogens is 272 g/mol. The summed E-state index contributed by atoms with van der Waals surface area (Å²) in [5.41, 5.74) is 1.23. The van der Waals surface area contributed by atoms with Gasteiger partial charge < -0.3 is 5.32 Å². The first kappa shape index (κ1) is 13.9. The molecule has 0 saturated heterocycles. The summed E-state index contributed by atoms with van der Waals surface area (Å²) in [6, 6.07) is 3.68. The van der Waals surface area contributed by atoms with Crippen LogP contribution in [-0.2, 0) is 12.0 Å². The second-order valence-electron chi connectivity index (χ2n) is 5.51. The van der Waals surface area contributed by atoms with E-state index in [1.165, 1.54) is 12.1 Å². The molecule has 2 aromatic rings. The molecule has 1 aliphatic carbocycles. The first-order chi connectivity index (χ1) is 10.0. The van der Waals surface area contributed by atoms with Crippen LogP contribution < -0.4 is 5.32 Å². The molecule has 1 N–H and O–H groups in total. The number of aryl methyl sites for hydroxylation is 2. The summed E-state index contributed by atoms with van der Waals surface area (Å²) in [5.74, 6) is 0.336. The number of anilines is 1. The minimum absolute atomic E-state index is 0.409. The Morgan fingerprint density at radius 3 is 2.43 bits per heavy atom. The third kappa shape index (κ3) is 2.73. The van der Waals surface area contributed by atoms with Gasteiger partial charge in [-0.05, 0) is 43.9 Å². The lowest BCUT2D eigenvalue weighted by Gasteiger charge is -2.20.